The van der Waals surface area contributed by atoms with Gasteiger partial charge >= 0.3 is 6.18 Å². The molecule has 2 atom stereocenters. The molecule has 0 saturated carbocycles. The molecule has 2 saturated heterocycles. The molecule has 0 bridgehead atoms. The summed E-state index contributed by atoms with van der Waals surface area (Å²) >= 11 is 6.66. The molecule has 12 heteroatoms. The van der Waals surface area contributed by atoms with Gasteiger partial charge in [0.2, 0.25) is 0 Å². The van der Waals surface area contributed by atoms with Crippen LogP contribution in [0.5, 0.6) is 0 Å². The maximum atomic E-state index is 13.5. The topological polar surface area (TPSA) is 87.5 Å². The van der Waals surface area contributed by atoms with Crippen molar-refractivity contribution in [2.75, 3.05) is 13.2 Å². The Balaban J connectivity index is 1.38. The lowest BCUT2D eigenvalue weighted by molar-refractivity contribution is -0.138. The van der Waals surface area contributed by atoms with E-state index in [1.807, 2.05) is 0 Å². The highest BCUT2D eigenvalue weighted by Crippen LogP contribution is 2.37. The lowest BCUT2D eigenvalue weighted by Gasteiger charge is -2.33. The fourth-order valence-corrected chi connectivity index (χ4v) is 5.81. The number of aromatic nitrogens is 2. The van der Waals surface area contributed by atoms with Gasteiger partial charge < -0.3 is 10.4 Å². The molecule has 2 aliphatic rings. The third kappa shape index (κ3) is 5.26. The number of amides is 2. The first-order valence-corrected chi connectivity index (χ1v) is 12.8. The maximum absolute atomic E-state index is 13.5. The Morgan fingerprint density at radius 2 is 2.03 bits per heavy atom. The SMILES string of the molecule is O=C1SC(=Cc2ccc3c(cnn3Cc3ccc(Cl)cc3C(F)(F)F)c2)C(=O)N1[C@H]1CCN[C@H](CO)C1. The number of nitrogens with one attached hydrogen (secondary N) is 1. The van der Waals surface area contributed by atoms with E-state index in [1.54, 1.807) is 30.5 Å². The zero-order chi connectivity index (χ0) is 26.3. The van der Waals surface area contributed by atoms with Gasteiger partial charge in [0.05, 0.1) is 35.3 Å². The van der Waals surface area contributed by atoms with Crippen LogP contribution < -0.4 is 5.32 Å². The van der Waals surface area contributed by atoms with Crippen LogP contribution >= 0.6 is 23.4 Å². The van der Waals surface area contributed by atoms with Gasteiger partial charge in [-0.3, -0.25) is 19.2 Å². The summed E-state index contributed by atoms with van der Waals surface area (Å²) in [4.78, 5) is 27.2. The van der Waals surface area contributed by atoms with Crippen molar-refractivity contribution in [2.24, 2.45) is 0 Å². The molecule has 5 rings (SSSR count). The molecule has 194 valence electrons. The van der Waals surface area contributed by atoms with Crippen molar-refractivity contribution in [2.45, 2.75) is 37.6 Å². The van der Waals surface area contributed by atoms with Crippen LogP contribution in [0, 0.1) is 0 Å². The molecule has 2 aliphatic heterocycles. The van der Waals surface area contributed by atoms with Crippen molar-refractivity contribution in [3.05, 3.63) is 69.2 Å². The lowest BCUT2D eigenvalue weighted by Crippen LogP contribution is -2.50. The number of rotatable bonds is 5. The number of hydrogen-bond acceptors (Lipinski definition) is 6. The normalized spacial score (nSPS) is 22.0. The summed E-state index contributed by atoms with van der Waals surface area (Å²) in [5.74, 6) is -0.364. The molecule has 0 radical (unpaired) electrons. The first-order chi connectivity index (χ1) is 17.6. The monoisotopic (exact) mass is 550 g/mol. The predicted octanol–water partition coefficient (Wildman–Crippen LogP) is 4.91. The molecule has 0 spiro atoms. The first kappa shape index (κ1) is 25.8. The number of aliphatic hydroxyl groups is 1. The highest BCUT2D eigenvalue weighted by Gasteiger charge is 2.41. The van der Waals surface area contributed by atoms with E-state index in [0.717, 1.165) is 17.8 Å². The van der Waals surface area contributed by atoms with E-state index in [4.69, 9.17) is 11.6 Å². The largest absolute Gasteiger partial charge is 0.416 e. The van der Waals surface area contributed by atoms with Crippen molar-refractivity contribution in [3.8, 4) is 0 Å². The van der Waals surface area contributed by atoms with Gasteiger partial charge in [-0.1, -0.05) is 23.7 Å². The average Bonchev–Trinajstić information content (AvgIpc) is 3.38. The van der Waals surface area contributed by atoms with Crippen LogP contribution in [0.2, 0.25) is 5.02 Å². The smallest absolute Gasteiger partial charge is 0.395 e. The van der Waals surface area contributed by atoms with Crippen molar-refractivity contribution in [1.82, 2.24) is 20.0 Å². The molecule has 7 nitrogen and oxygen atoms in total. The zero-order valence-corrected chi connectivity index (χ0v) is 20.9. The second-order valence-electron chi connectivity index (χ2n) is 8.98. The summed E-state index contributed by atoms with van der Waals surface area (Å²) in [5, 5.41) is 17.2. The maximum Gasteiger partial charge on any atom is 0.416 e. The second-order valence-corrected chi connectivity index (χ2v) is 10.4. The Morgan fingerprint density at radius 3 is 2.78 bits per heavy atom. The van der Waals surface area contributed by atoms with Crippen LogP contribution in [-0.2, 0) is 17.5 Å². The van der Waals surface area contributed by atoms with Crippen molar-refractivity contribution < 1.29 is 27.9 Å². The van der Waals surface area contributed by atoms with Crippen LogP contribution in [0.25, 0.3) is 17.0 Å². The summed E-state index contributed by atoms with van der Waals surface area (Å²) in [6.07, 6.45) is -0.251. The third-order valence-corrected chi connectivity index (χ3v) is 7.66. The fourth-order valence-electron chi connectivity index (χ4n) is 4.74. The van der Waals surface area contributed by atoms with Crippen molar-refractivity contribution >= 4 is 51.5 Å². The minimum absolute atomic E-state index is 0.00354. The summed E-state index contributed by atoms with van der Waals surface area (Å²) < 4.78 is 42.0. The Labute approximate surface area is 219 Å². The summed E-state index contributed by atoms with van der Waals surface area (Å²) in [7, 11) is 0. The van der Waals surface area contributed by atoms with E-state index >= 15 is 0 Å². The van der Waals surface area contributed by atoms with E-state index < -0.39 is 11.7 Å². The van der Waals surface area contributed by atoms with Crippen molar-refractivity contribution in [1.29, 1.82) is 0 Å². The van der Waals surface area contributed by atoms with Crippen LogP contribution in [-0.4, -0.2) is 56.2 Å². The number of carbonyl (C=O) groups excluding carboxylic acids is 2. The molecule has 0 unspecified atom stereocenters. The Hall–Kier alpha value is -2.86. The number of fused-ring (bicyclic) bond motifs is 1. The van der Waals surface area contributed by atoms with Gasteiger partial charge in [0, 0.05) is 22.5 Å². The minimum atomic E-state index is -4.55. The lowest BCUT2D eigenvalue weighted by atomic mass is 9.98. The summed E-state index contributed by atoms with van der Waals surface area (Å²) in [6.45, 7) is 0.447. The van der Waals surface area contributed by atoms with E-state index in [1.165, 1.54) is 21.7 Å². The van der Waals surface area contributed by atoms with E-state index in [0.29, 0.717) is 40.8 Å². The molecule has 37 heavy (non-hydrogen) atoms. The van der Waals surface area contributed by atoms with Gasteiger partial charge in [0.25, 0.3) is 11.1 Å². The number of alkyl halides is 3. The van der Waals surface area contributed by atoms with Gasteiger partial charge in [0.15, 0.2) is 0 Å². The molecule has 1 aromatic heterocycles. The van der Waals surface area contributed by atoms with E-state index in [9.17, 15) is 27.9 Å². The number of halogens is 4. The number of carbonyl (C=O) groups is 2. The molecule has 2 N–H and O–H groups in total. The zero-order valence-electron chi connectivity index (χ0n) is 19.3. The first-order valence-electron chi connectivity index (χ1n) is 11.6. The average molecular weight is 551 g/mol. The molecule has 2 aromatic carbocycles. The number of imide groups is 1. The molecule has 3 aromatic rings. The van der Waals surface area contributed by atoms with Gasteiger partial charge in [-0.15, -0.1) is 0 Å². The number of nitrogens with zero attached hydrogens (tertiary/aromatic N) is 3. The predicted molar refractivity (Wildman–Crippen MR) is 135 cm³/mol. The number of benzene rings is 2. The van der Waals surface area contributed by atoms with Crippen LogP contribution in [0.1, 0.15) is 29.5 Å². The number of hydrogen-bond donors (Lipinski definition) is 2. The van der Waals surface area contributed by atoms with E-state index in [2.05, 4.69) is 10.4 Å². The molecule has 2 fully saturated rings. The highest BCUT2D eigenvalue weighted by molar-refractivity contribution is 8.18. The summed E-state index contributed by atoms with van der Waals surface area (Å²) in [5.41, 5.74) is 0.521. The van der Waals surface area contributed by atoms with E-state index in [-0.39, 0.29) is 47.0 Å². The standard InChI is InChI=1S/C25H22ClF3N4O3S/c26-17-3-2-15(20(9-17)25(27,28)29)12-32-21-4-1-14(7-16(21)11-31-32)8-22-23(35)33(24(36)37-22)19-5-6-30-18(10-19)13-34/h1-4,7-9,11,18-19,30,34H,5-6,10,12-13H2/t18-,19-/m0/s1. The molecule has 3 heterocycles. The Kier molecular flexibility index (Phi) is 7.06. The Morgan fingerprint density at radius 1 is 1.22 bits per heavy atom. The van der Waals surface area contributed by atoms with Crippen LogP contribution in [0.4, 0.5) is 18.0 Å². The number of thioether (sulfide) groups is 1. The quantitative estimate of drug-likeness (QED) is 0.439. The highest BCUT2D eigenvalue weighted by atomic mass is 35.5. The molecule has 0 aliphatic carbocycles. The third-order valence-electron chi connectivity index (χ3n) is 6.54. The van der Waals surface area contributed by atoms with Gasteiger partial charge in [0.1, 0.15) is 0 Å². The second kappa shape index (κ2) is 10.1. The number of aliphatic hydroxyl groups excluding tert-OH is 1. The summed E-state index contributed by atoms with van der Waals surface area (Å²) in [6, 6.07) is 8.45. The van der Waals surface area contributed by atoms with Crippen LogP contribution in [0.15, 0.2) is 47.5 Å². The van der Waals surface area contributed by atoms with Gasteiger partial charge in [-0.05, 0) is 72.6 Å². The molecular formula is C25H22ClF3N4O3S. The molecule has 2 amide bonds. The van der Waals surface area contributed by atoms with Gasteiger partial charge in [-0.2, -0.15) is 18.3 Å². The fraction of sp³-hybridized carbons (Fsp3) is 0.320. The van der Waals surface area contributed by atoms with Gasteiger partial charge in [-0.25, -0.2) is 0 Å². The van der Waals surface area contributed by atoms with Crippen molar-refractivity contribution in [3.63, 3.8) is 0 Å². The molecular weight excluding hydrogens is 529 g/mol. The number of piperidine rings is 1. The van der Waals surface area contributed by atoms with Crippen LogP contribution in [0.3, 0.4) is 0 Å². The minimum Gasteiger partial charge on any atom is -0.395 e. The Bertz CT molecular complexity index is 1410.